The molecule has 6 aromatic rings. The molecule has 5 aromatic heterocycles. The van der Waals surface area contributed by atoms with Gasteiger partial charge in [-0.1, -0.05) is 11.6 Å². The van der Waals surface area contributed by atoms with E-state index in [-0.39, 0.29) is 51.2 Å². The molecule has 18 heteroatoms. The summed E-state index contributed by atoms with van der Waals surface area (Å²) >= 11 is 6.11. The van der Waals surface area contributed by atoms with Crippen LogP contribution in [0.2, 0.25) is 5.02 Å². The maximum Gasteiger partial charge on any atom is 0.433 e. The average molecular weight is 708 g/mol. The van der Waals surface area contributed by atoms with E-state index < -0.39 is 23.7 Å². The summed E-state index contributed by atoms with van der Waals surface area (Å²) < 4.78 is 60.4. The Bertz CT molecular complexity index is 2160. The third kappa shape index (κ3) is 6.50. The minimum atomic E-state index is -4.65. The van der Waals surface area contributed by atoms with Crippen molar-refractivity contribution in [2.24, 2.45) is 0 Å². The molecular formula is C32H26ClF4N11O2. The van der Waals surface area contributed by atoms with Crippen molar-refractivity contribution < 1.29 is 27.1 Å². The van der Waals surface area contributed by atoms with Crippen LogP contribution in [-0.4, -0.2) is 68.6 Å². The third-order valence-corrected chi connectivity index (χ3v) is 8.70. The molecule has 1 aromatic carbocycles. The zero-order valence-electron chi connectivity index (χ0n) is 26.0. The van der Waals surface area contributed by atoms with Gasteiger partial charge in [-0.25, -0.2) is 4.39 Å². The Morgan fingerprint density at radius 1 is 1.04 bits per heavy atom. The van der Waals surface area contributed by atoms with E-state index in [9.17, 15) is 23.2 Å². The number of alkyl halides is 3. The van der Waals surface area contributed by atoms with Crippen molar-refractivity contribution in [1.29, 1.82) is 0 Å². The minimum absolute atomic E-state index is 0.00152. The van der Waals surface area contributed by atoms with Crippen LogP contribution in [-0.2, 0) is 12.7 Å². The average Bonchev–Trinajstić information content (AvgIpc) is 3.92. The topological polar surface area (TPSA) is 139 Å². The van der Waals surface area contributed by atoms with Crippen molar-refractivity contribution in [3.8, 4) is 27.9 Å². The molecule has 1 aliphatic rings. The Morgan fingerprint density at radius 2 is 1.86 bits per heavy atom. The molecule has 1 atom stereocenters. The molecular weight excluding hydrogens is 682 g/mol. The molecule has 50 heavy (non-hydrogen) atoms. The molecule has 1 amide bonds. The Balaban J connectivity index is 1.27. The number of pyridine rings is 2. The van der Waals surface area contributed by atoms with Crippen LogP contribution in [0.15, 0.2) is 79.8 Å². The van der Waals surface area contributed by atoms with E-state index in [1.807, 2.05) is 0 Å². The van der Waals surface area contributed by atoms with Gasteiger partial charge in [0.25, 0.3) is 5.91 Å². The fourth-order valence-electron chi connectivity index (χ4n) is 5.92. The molecule has 7 rings (SSSR count). The minimum Gasteiger partial charge on any atom is -0.618 e. The van der Waals surface area contributed by atoms with E-state index in [4.69, 9.17) is 11.6 Å². The first kappa shape index (κ1) is 32.8. The molecule has 0 spiro atoms. The van der Waals surface area contributed by atoms with Gasteiger partial charge in [-0.15, -0.1) is 5.10 Å². The van der Waals surface area contributed by atoms with Gasteiger partial charge in [0, 0.05) is 43.3 Å². The van der Waals surface area contributed by atoms with Crippen molar-refractivity contribution in [1.82, 2.24) is 49.7 Å². The molecule has 0 radical (unpaired) electrons. The van der Waals surface area contributed by atoms with Crippen molar-refractivity contribution in [2.45, 2.75) is 38.0 Å². The number of piperidine rings is 1. The summed E-state index contributed by atoms with van der Waals surface area (Å²) in [6.45, 7) is 1.28. The predicted octanol–water partition coefficient (Wildman–Crippen LogP) is 5.14. The maximum absolute atomic E-state index is 15.5. The highest BCUT2D eigenvalue weighted by molar-refractivity contribution is 6.31. The highest BCUT2D eigenvalue weighted by atomic mass is 35.5. The Morgan fingerprint density at radius 3 is 2.60 bits per heavy atom. The van der Waals surface area contributed by atoms with Gasteiger partial charge in [-0.2, -0.15) is 32.8 Å². The first-order chi connectivity index (χ1) is 24.1. The monoisotopic (exact) mass is 707 g/mol. The number of halogens is 5. The number of aromatic nitrogens is 10. The smallest absolute Gasteiger partial charge is 0.433 e. The molecule has 1 saturated heterocycles. The molecule has 13 nitrogen and oxygen atoms in total. The van der Waals surface area contributed by atoms with E-state index in [2.05, 4.69) is 30.7 Å². The van der Waals surface area contributed by atoms with Gasteiger partial charge < -0.3 is 10.1 Å². The summed E-state index contributed by atoms with van der Waals surface area (Å²) in [6.07, 6.45) is 6.21. The quantitative estimate of drug-likeness (QED) is 0.120. The lowest BCUT2D eigenvalue weighted by Crippen LogP contribution is -2.37. The highest BCUT2D eigenvalue weighted by Gasteiger charge is 2.33. The molecule has 6 heterocycles. The SMILES string of the molecule is O=C(c1ccn(C[C@H](c2ccc(-c3c(-n4cnnn4)ccc(Cl)c3F)c[n+]2[O-])n2cc(-c3ccnc(C(F)(F)F)c3)cn2)n1)N1CCCCC1. The van der Waals surface area contributed by atoms with Gasteiger partial charge >= 0.3 is 6.18 Å². The number of benzene rings is 1. The molecule has 0 unspecified atom stereocenters. The van der Waals surface area contributed by atoms with Crippen LogP contribution >= 0.6 is 11.6 Å². The van der Waals surface area contributed by atoms with E-state index in [1.165, 1.54) is 69.3 Å². The van der Waals surface area contributed by atoms with Crippen LogP contribution in [0.1, 0.15) is 47.2 Å². The van der Waals surface area contributed by atoms with Crippen LogP contribution in [0.4, 0.5) is 17.6 Å². The summed E-state index contributed by atoms with van der Waals surface area (Å²) in [5, 5.41) is 33.6. The van der Waals surface area contributed by atoms with Gasteiger partial charge in [0.15, 0.2) is 18.1 Å². The summed E-state index contributed by atoms with van der Waals surface area (Å²) in [6, 6.07) is 8.89. The van der Waals surface area contributed by atoms with Crippen molar-refractivity contribution in [3.05, 3.63) is 113 Å². The van der Waals surface area contributed by atoms with Crippen molar-refractivity contribution in [3.63, 3.8) is 0 Å². The molecule has 0 bridgehead atoms. The van der Waals surface area contributed by atoms with E-state index in [0.717, 1.165) is 31.5 Å². The number of tetrazole rings is 1. The first-order valence-corrected chi connectivity index (χ1v) is 15.8. The Labute approximate surface area is 285 Å². The lowest BCUT2D eigenvalue weighted by molar-refractivity contribution is -0.615. The first-order valence-electron chi connectivity index (χ1n) is 15.4. The molecule has 0 aliphatic carbocycles. The fraction of sp³-hybridized carbons (Fsp3) is 0.250. The van der Waals surface area contributed by atoms with Gasteiger partial charge in [-0.3, -0.25) is 19.1 Å². The lowest BCUT2D eigenvalue weighted by atomic mass is 10.0. The number of amides is 1. The number of carbonyl (C=O) groups excluding carboxylic acids is 1. The van der Waals surface area contributed by atoms with Gasteiger partial charge in [-0.05, 0) is 71.7 Å². The van der Waals surface area contributed by atoms with Crippen molar-refractivity contribution in [2.75, 3.05) is 13.1 Å². The number of hydrogen-bond acceptors (Lipinski definition) is 8. The van der Waals surface area contributed by atoms with Crippen LogP contribution < -0.4 is 4.73 Å². The van der Waals surface area contributed by atoms with E-state index in [0.29, 0.717) is 23.4 Å². The maximum atomic E-state index is 15.5. The van der Waals surface area contributed by atoms with Crippen LogP contribution in [0.25, 0.3) is 27.9 Å². The Hall–Kier alpha value is -5.71. The van der Waals surface area contributed by atoms with Crippen LogP contribution in [0.5, 0.6) is 0 Å². The number of carbonyl (C=O) groups is 1. The predicted molar refractivity (Wildman–Crippen MR) is 169 cm³/mol. The Kier molecular flexibility index (Phi) is 8.73. The second-order valence-electron chi connectivity index (χ2n) is 11.6. The summed E-state index contributed by atoms with van der Waals surface area (Å²) in [4.78, 5) is 18.3. The van der Waals surface area contributed by atoms with Crippen LogP contribution in [0, 0.1) is 11.0 Å². The number of rotatable bonds is 8. The highest BCUT2D eigenvalue weighted by Crippen LogP contribution is 2.34. The van der Waals surface area contributed by atoms with E-state index in [1.54, 1.807) is 17.2 Å². The lowest BCUT2D eigenvalue weighted by Gasteiger charge is -2.25. The second kappa shape index (κ2) is 13.3. The molecule has 256 valence electrons. The second-order valence-corrected chi connectivity index (χ2v) is 12.0. The molecule has 1 fully saturated rings. The largest absolute Gasteiger partial charge is 0.618 e. The van der Waals surface area contributed by atoms with Gasteiger partial charge in [0.1, 0.15) is 17.7 Å². The summed E-state index contributed by atoms with van der Waals surface area (Å²) in [5.74, 6) is -0.997. The molecule has 0 N–H and O–H groups in total. The van der Waals surface area contributed by atoms with Gasteiger partial charge in [0.05, 0.1) is 34.6 Å². The van der Waals surface area contributed by atoms with E-state index >= 15 is 4.39 Å². The van der Waals surface area contributed by atoms with Crippen LogP contribution in [0.3, 0.4) is 0 Å². The molecule has 0 saturated carbocycles. The number of hydrogen-bond donors (Lipinski definition) is 0. The summed E-state index contributed by atoms with van der Waals surface area (Å²) in [5.41, 5.74) is 0.234. The number of nitrogens with zero attached hydrogens (tertiary/aromatic N) is 11. The third-order valence-electron chi connectivity index (χ3n) is 8.41. The fourth-order valence-corrected chi connectivity index (χ4v) is 6.08. The zero-order chi connectivity index (χ0) is 35.0. The zero-order valence-corrected chi connectivity index (χ0v) is 26.7. The van der Waals surface area contributed by atoms with Crippen molar-refractivity contribution >= 4 is 17.5 Å². The normalized spacial score (nSPS) is 14.2. The number of likely N-dealkylation sites (tertiary alicyclic amines) is 1. The standard InChI is InChI=1S/C32H26ClF4N11O2/c33-23-5-7-26(47-19-39-42-43-47)29(30(23)34)21-4-6-25(48(50)17-21)27(18-45-13-9-24(41-45)31(49)44-11-2-1-3-12-44)46-16-22(15-40-46)20-8-10-38-28(14-20)32(35,36)37/h4-10,13-17,19,27H,1-3,11-12,18H2/t27-/m1/s1. The molecule has 1 aliphatic heterocycles. The summed E-state index contributed by atoms with van der Waals surface area (Å²) in [7, 11) is 0. The van der Waals surface area contributed by atoms with Gasteiger partial charge in [0.2, 0.25) is 5.69 Å².